The molecule has 2 heterocycles. The molecule has 1 fully saturated rings. The molecule has 3 aromatic rings. The van der Waals surface area contributed by atoms with Crippen molar-refractivity contribution in [2.24, 2.45) is 0 Å². The zero-order valence-electron chi connectivity index (χ0n) is 16.0. The van der Waals surface area contributed by atoms with E-state index in [1.165, 1.54) is 27.9 Å². The summed E-state index contributed by atoms with van der Waals surface area (Å²) >= 11 is 0. The van der Waals surface area contributed by atoms with Crippen molar-refractivity contribution in [2.45, 2.75) is 24.0 Å². The molecule has 0 amide bonds. The minimum atomic E-state index is -0.200. The Morgan fingerprint density at radius 3 is 2.39 bits per heavy atom. The fraction of sp³-hybridized carbons (Fsp3) is 0.231. The van der Waals surface area contributed by atoms with Crippen molar-refractivity contribution in [1.82, 2.24) is 0 Å². The number of hydrogen-bond acceptors (Lipinski definition) is 2. The van der Waals surface area contributed by atoms with Crippen LogP contribution in [-0.4, -0.2) is 19.9 Å². The highest BCUT2D eigenvalue weighted by Gasteiger charge is 2.58. The summed E-state index contributed by atoms with van der Waals surface area (Å²) in [5.41, 5.74) is 5.96. The van der Waals surface area contributed by atoms with Crippen LogP contribution in [0.2, 0.25) is 0 Å². The molecule has 0 N–H and O–H groups in total. The molecule has 3 unspecified atom stereocenters. The molecule has 0 saturated carbocycles. The van der Waals surface area contributed by atoms with Crippen LogP contribution in [0, 0.1) is 12.3 Å². The van der Waals surface area contributed by atoms with E-state index < -0.39 is 0 Å². The molecular weight excluding hydrogens is 342 g/mol. The van der Waals surface area contributed by atoms with Gasteiger partial charge in [-0.2, -0.15) is 0 Å². The number of ether oxygens (including phenoxy) is 1. The van der Waals surface area contributed by atoms with Crippen molar-refractivity contribution in [3.05, 3.63) is 90.0 Å². The number of terminal acetylenes is 1. The van der Waals surface area contributed by atoms with Crippen LogP contribution in [-0.2, 0) is 10.2 Å². The Balaban J connectivity index is 1.59. The number of benzene rings is 3. The summed E-state index contributed by atoms with van der Waals surface area (Å²) in [5.74, 6) is 3.10. The van der Waals surface area contributed by atoms with Crippen molar-refractivity contribution in [3.8, 4) is 23.5 Å². The quantitative estimate of drug-likeness (QED) is 0.591. The first kappa shape index (κ1) is 17.1. The third-order valence-corrected chi connectivity index (χ3v) is 6.40. The Hall–Kier alpha value is -3.02. The van der Waals surface area contributed by atoms with E-state index in [2.05, 4.69) is 90.7 Å². The molecule has 0 aromatic heterocycles. The summed E-state index contributed by atoms with van der Waals surface area (Å²) in [5, 5.41) is 0. The van der Waals surface area contributed by atoms with Crippen LogP contribution in [0.15, 0.2) is 78.9 Å². The summed E-state index contributed by atoms with van der Waals surface area (Å²) < 4.78 is 6.20. The van der Waals surface area contributed by atoms with Gasteiger partial charge in [0.15, 0.2) is 0 Å². The fourth-order valence-electron chi connectivity index (χ4n) is 5.12. The zero-order chi connectivity index (χ0) is 19.1. The first-order valence-corrected chi connectivity index (χ1v) is 9.81. The van der Waals surface area contributed by atoms with Gasteiger partial charge in [0.1, 0.15) is 6.23 Å². The highest BCUT2D eigenvalue weighted by Crippen LogP contribution is 2.57. The molecule has 0 radical (unpaired) electrons. The average molecular weight is 365 g/mol. The van der Waals surface area contributed by atoms with E-state index in [9.17, 15) is 0 Å². The molecule has 1 saturated heterocycles. The largest absolute Gasteiger partial charge is 0.357 e. The number of para-hydroxylation sites is 1. The predicted molar refractivity (Wildman–Crippen MR) is 114 cm³/mol. The van der Waals surface area contributed by atoms with Crippen LogP contribution in [0.3, 0.4) is 0 Å². The van der Waals surface area contributed by atoms with Gasteiger partial charge in [-0.15, -0.1) is 6.42 Å². The normalized spacial score (nSPS) is 23.7. The third kappa shape index (κ3) is 2.33. The zero-order valence-corrected chi connectivity index (χ0v) is 16.0. The lowest BCUT2D eigenvalue weighted by atomic mass is 9.67. The maximum absolute atomic E-state index is 6.20. The Morgan fingerprint density at radius 2 is 1.64 bits per heavy atom. The molecular formula is C26H23NO. The second kappa shape index (κ2) is 6.55. The maximum Gasteiger partial charge on any atom is 0.141 e. The standard InChI is InChI=1S/C26H23NO/c1-3-22(21-15-13-20(14-16-21)19-9-5-4-6-10-19)26-17-18-28-25(26)27(2)24-12-8-7-11-23(24)26/h1,4-16,22,25H,17-18H2,2H3. The van der Waals surface area contributed by atoms with E-state index in [-0.39, 0.29) is 17.6 Å². The second-order valence-corrected chi connectivity index (χ2v) is 7.73. The van der Waals surface area contributed by atoms with Gasteiger partial charge in [0.2, 0.25) is 0 Å². The van der Waals surface area contributed by atoms with Gasteiger partial charge >= 0.3 is 0 Å². The minimum absolute atomic E-state index is 0.0141. The summed E-state index contributed by atoms with van der Waals surface area (Å²) in [6.07, 6.45) is 7.09. The van der Waals surface area contributed by atoms with Crippen molar-refractivity contribution < 1.29 is 4.74 Å². The number of likely N-dealkylation sites (N-methyl/N-ethyl adjacent to an activating group) is 1. The van der Waals surface area contributed by atoms with Crippen LogP contribution in [0.4, 0.5) is 5.69 Å². The van der Waals surface area contributed by atoms with Gasteiger partial charge in [-0.3, -0.25) is 0 Å². The van der Waals surface area contributed by atoms with Crippen LogP contribution in [0.1, 0.15) is 23.5 Å². The molecule has 0 bridgehead atoms. The van der Waals surface area contributed by atoms with Gasteiger partial charge < -0.3 is 9.64 Å². The van der Waals surface area contributed by atoms with Gasteiger partial charge in [0.25, 0.3) is 0 Å². The Kier molecular flexibility index (Phi) is 4.00. The Labute approximate surface area is 166 Å². The third-order valence-electron chi connectivity index (χ3n) is 6.40. The van der Waals surface area contributed by atoms with E-state index in [0.717, 1.165) is 13.0 Å². The molecule has 2 aliphatic rings. The monoisotopic (exact) mass is 365 g/mol. The molecule has 138 valence electrons. The first-order valence-electron chi connectivity index (χ1n) is 9.81. The van der Waals surface area contributed by atoms with Gasteiger partial charge in [-0.05, 0) is 34.7 Å². The Morgan fingerprint density at radius 1 is 0.964 bits per heavy atom. The van der Waals surface area contributed by atoms with E-state index in [0.29, 0.717) is 0 Å². The highest BCUT2D eigenvalue weighted by atomic mass is 16.5. The number of nitrogens with zero attached hydrogens (tertiary/aromatic N) is 1. The minimum Gasteiger partial charge on any atom is -0.357 e. The van der Waals surface area contributed by atoms with E-state index in [1.54, 1.807) is 0 Å². The molecule has 2 aliphatic heterocycles. The van der Waals surface area contributed by atoms with Crippen LogP contribution in [0.25, 0.3) is 11.1 Å². The number of anilines is 1. The van der Waals surface area contributed by atoms with Crippen LogP contribution < -0.4 is 4.90 Å². The predicted octanol–water partition coefficient (Wildman–Crippen LogP) is 5.20. The summed E-state index contributed by atoms with van der Waals surface area (Å²) in [6.45, 7) is 0.740. The SMILES string of the molecule is C#CC(c1ccc(-c2ccccc2)cc1)C12CCOC1N(C)c1ccccc12. The maximum atomic E-state index is 6.20. The molecule has 5 rings (SSSR count). The fourth-order valence-corrected chi connectivity index (χ4v) is 5.12. The number of rotatable bonds is 3. The molecule has 2 nitrogen and oxygen atoms in total. The van der Waals surface area contributed by atoms with Crippen LogP contribution in [0.5, 0.6) is 0 Å². The van der Waals surface area contributed by atoms with E-state index in [4.69, 9.17) is 11.2 Å². The summed E-state index contributed by atoms with van der Waals surface area (Å²) in [6, 6.07) is 27.8. The average Bonchev–Trinajstić information content (AvgIpc) is 3.29. The van der Waals surface area contributed by atoms with E-state index in [1.807, 2.05) is 6.07 Å². The Bertz CT molecular complexity index is 1030. The van der Waals surface area contributed by atoms with Gasteiger partial charge in [-0.25, -0.2) is 0 Å². The van der Waals surface area contributed by atoms with Gasteiger partial charge in [0.05, 0.1) is 17.9 Å². The molecule has 3 aromatic carbocycles. The van der Waals surface area contributed by atoms with Crippen molar-refractivity contribution in [3.63, 3.8) is 0 Å². The topological polar surface area (TPSA) is 12.5 Å². The highest BCUT2D eigenvalue weighted by molar-refractivity contribution is 5.67. The summed E-state index contributed by atoms with van der Waals surface area (Å²) in [4.78, 5) is 2.25. The second-order valence-electron chi connectivity index (χ2n) is 7.73. The van der Waals surface area contributed by atoms with Crippen molar-refractivity contribution in [1.29, 1.82) is 0 Å². The number of hydrogen-bond donors (Lipinski definition) is 0. The van der Waals surface area contributed by atoms with Gasteiger partial charge in [0, 0.05) is 12.7 Å². The molecule has 2 heteroatoms. The lowest BCUT2D eigenvalue weighted by molar-refractivity contribution is 0.0844. The van der Waals surface area contributed by atoms with Crippen molar-refractivity contribution >= 4 is 5.69 Å². The lowest BCUT2D eigenvalue weighted by Crippen LogP contribution is -2.43. The first-order chi connectivity index (χ1) is 13.8. The van der Waals surface area contributed by atoms with E-state index >= 15 is 0 Å². The summed E-state index contributed by atoms with van der Waals surface area (Å²) in [7, 11) is 2.11. The molecule has 28 heavy (non-hydrogen) atoms. The molecule has 0 spiro atoms. The van der Waals surface area contributed by atoms with Crippen LogP contribution >= 0.6 is 0 Å². The molecule has 3 atom stereocenters. The number of fused-ring (bicyclic) bond motifs is 3. The molecule has 0 aliphatic carbocycles. The van der Waals surface area contributed by atoms with Crippen molar-refractivity contribution in [2.75, 3.05) is 18.6 Å². The smallest absolute Gasteiger partial charge is 0.141 e. The lowest BCUT2D eigenvalue weighted by Gasteiger charge is -2.36. The van der Waals surface area contributed by atoms with Gasteiger partial charge in [-0.1, -0.05) is 78.7 Å².